The Labute approximate surface area is 108 Å². The van der Waals surface area contributed by atoms with Gasteiger partial charge in [-0.15, -0.1) is 0 Å². The molecule has 0 atom stereocenters. The van der Waals surface area contributed by atoms with Crippen LogP contribution in [0.15, 0.2) is 48.5 Å². The predicted octanol–water partition coefficient (Wildman–Crippen LogP) is 4.09. The van der Waals surface area contributed by atoms with Crippen LogP contribution in [0.4, 0.5) is 0 Å². The van der Waals surface area contributed by atoms with Gasteiger partial charge < -0.3 is 9.84 Å². The zero-order chi connectivity index (χ0) is 13.0. The van der Waals surface area contributed by atoms with Crippen LogP contribution in [0.5, 0.6) is 11.5 Å². The molecule has 0 amide bonds. The number of hydrogen-bond donors (Lipinski definition) is 1. The minimum absolute atomic E-state index is 0.270. The smallest absolute Gasteiger partial charge is 0.127 e. The zero-order valence-electron chi connectivity index (χ0n) is 10.8. The maximum Gasteiger partial charge on any atom is 0.127 e. The Bertz CT molecular complexity index is 518. The molecule has 0 aromatic heterocycles. The van der Waals surface area contributed by atoms with E-state index in [9.17, 15) is 5.11 Å². The average molecular weight is 242 g/mol. The first-order valence-corrected chi connectivity index (χ1v) is 6.18. The van der Waals surface area contributed by atoms with Crippen molar-refractivity contribution in [3.63, 3.8) is 0 Å². The number of benzene rings is 2. The summed E-state index contributed by atoms with van der Waals surface area (Å²) >= 11 is 0. The lowest BCUT2D eigenvalue weighted by atomic mass is 10.0. The Morgan fingerprint density at radius 2 is 1.83 bits per heavy atom. The van der Waals surface area contributed by atoms with E-state index in [4.69, 9.17) is 4.74 Å². The lowest BCUT2D eigenvalue weighted by Crippen LogP contribution is -2.05. The van der Waals surface area contributed by atoms with E-state index in [1.807, 2.05) is 36.4 Å². The monoisotopic (exact) mass is 242 g/mol. The molecule has 0 fully saturated rings. The summed E-state index contributed by atoms with van der Waals surface area (Å²) < 4.78 is 5.81. The Balaban J connectivity index is 2.32. The second-order valence-electron chi connectivity index (χ2n) is 4.75. The van der Waals surface area contributed by atoms with E-state index in [2.05, 4.69) is 13.8 Å². The normalized spacial score (nSPS) is 10.6. The lowest BCUT2D eigenvalue weighted by Gasteiger charge is -2.13. The lowest BCUT2D eigenvalue weighted by molar-refractivity contribution is 0.272. The Kier molecular flexibility index (Phi) is 3.88. The van der Waals surface area contributed by atoms with Crippen molar-refractivity contribution in [3.05, 3.63) is 48.5 Å². The van der Waals surface area contributed by atoms with E-state index in [1.54, 1.807) is 12.1 Å². The molecule has 2 rings (SSSR count). The van der Waals surface area contributed by atoms with Crippen LogP contribution in [0.25, 0.3) is 11.1 Å². The van der Waals surface area contributed by atoms with Gasteiger partial charge in [0.2, 0.25) is 0 Å². The van der Waals surface area contributed by atoms with Crippen LogP contribution in [0.1, 0.15) is 13.8 Å². The number of hydrogen-bond acceptors (Lipinski definition) is 2. The van der Waals surface area contributed by atoms with Gasteiger partial charge in [0.1, 0.15) is 11.5 Å². The van der Waals surface area contributed by atoms with Gasteiger partial charge in [-0.25, -0.2) is 0 Å². The molecule has 2 nitrogen and oxygen atoms in total. The highest BCUT2D eigenvalue weighted by atomic mass is 16.5. The summed E-state index contributed by atoms with van der Waals surface area (Å²) in [5, 5.41) is 9.54. The van der Waals surface area contributed by atoms with Crippen molar-refractivity contribution >= 4 is 0 Å². The van der Waals surface area contributed by atoms with Crippen LogP contribution in [0, 0.1) is 5.92 Å². The van der Waals surface area contributed by atoms with E-state index in [-0.39, 0.29) is 5.75 Å². The van der Waals surface area contributed by atoms with E-state index in [0.717, 1.165) is 16.9 Å². The number of ether oxygens (including phenoxy) is 1. The Morgan fingerprint density at radius 1 is 1.06 bits per heavy atom. The van der Waals surface area contributed by atoms with Gasteiger partial charge >= 0.3 is 0 Å². The molecule has 0 aliphatic carbocycles. The molecule has 0 saturated carbocycles. The number of rotatable bonds is 4. The second-order valence-corrected chi connectivity index (χ2v) is 4.75. The summed E-state index contributed by atoms with van der Waals surface area (Å²) in [5.41, 5.74) is 1.98. The van der Waals surface area contributed by atoms with Crippen molar-refractivity contribution in [1.29, 1.82) is 0 Å². The SMILES string of the molecule is CC(C)COc1ccccc1-c1cccc(O)c1. The van der Waals surface area contributed by atoms with Crippen molar-refractivity contribution in [2.75, 3.05) is 6.61 Å². The molecular formula is C16H18O2. The van der Waals surface area contributed by atoms with Gasteiger partial charge in [0.05, 0.1) is 6.61 Å². The van der Waals surface area contributed by atoms with Gasteiger partial charge in [-0.2, -0.15) is 0 Å². The number of para-hydroxylation sites is 1. The zero-order valence-corrected chi connectivity index (χ0v) is 10.8. The van der Waals surface area contributed by atoms with Gasteiger partial charge in [-0.05, 0) is 29.7 Å². The minimum Gasteiger partial charge on any atom is -0.508 e. The molecule has 0 radical (unpaired) electrons. The van der Waals surface area contributed by atoms with E-state index in [0.29, 0.717) is 12.5 Å². The molecule has 2 aromatic carbocycles. The van der Waals surface area contributed by atoms with Gasteiger partial charge in [0.15, 0.2) is 0 Å². The van der Waals surface area contributed by atoms with Crippen molar-refractivity contribution in [3.8, 4) is 22.6 Å². The van der Waals surface area contributed by atoms with Crippen molar-refractivity contribution < 1.29 is 9.84 Å². The van der Waals surface area contributed by atoms with Crippen LogP contribution in [-0.4, -0.2) is 11.7 Å². The highest BCUT2D eigenvalue weighted by molar-refractivity contribution is 5.71. The van der Waals surface area contributed by atoms with Crippen LogP contribution >= 0.6 is 0 Å². The quantitative estimate of drug-likeness (QED) is 0.874. The molecule has 2 heteroatoms. The van der Waals surface area contributed by atoms with Gasteiger partial charge in [-0.3, -0.25) is 0 Å². The third-order valence-corrected chi connectivity index (χ3v) is 2.62. The summed E-state index contributed by atoms with van der Waals surface area (Å²) in [7, 11) is 0. The summed E-state index contributed by atoms with van der Waals surface area (Å²) in [6, 6.07) is 15.1. The molecule has 94 valence electrons. The number of phenols is 1. The molecule has 18 heavy (non-hydrogen) atoms. The average Bonchev–Trinajstić information content (AvgIpc) is 2.36. The van der Waals surface area contributed by atoms with Crippen molar-refractivity contribution in [2.45, 2.75) is 13.8 Å². The van der Waals surface area contributed by atoms with Crippen LogP contribution in [0.3, 0.4) is 0 Å². The Hall–Kier alpha value is -1.96. The molecule has 0 spiro atoms. The second kappa shape index (κ2) is 5.58. The first-order valence-electron chi connectivity index (χ1n) is 6.18. The fraction of sp³-hybridized carbons (Fsp3) is 0.250. The van der Waals surface area contributed by atoms with Crippen molar-refractivity contribution in [2.24, 2.45) is 5.92 Å². The summed E-state index contributed by atoms with van der Waals surface area (Å²) in [4.78, 5) is 0. The third-order valence-electron chi connectivity index (χ3n) is 2.62. The van der Waals surface area contributed by atoms with E-state index < -0.39 is 0 Å². The number of aromatic hydroxyl groups is 1. The van der Waals surface area contributed by atoms with Gasteiger partial charge in [0, 0.05) is 5.56 Å². The van der Waals surface area contributed by atoms with E-state index in [1.165, 1.54) is 0 Å². The highest BCUT2D eigenvalue weighted by Gasteiger charge is 2.06. The molecule has 0 heterocycles. The maximum atomic E-state index is 9.54. The molecule has 1 N–H and O–H groups in total. The molecule has 0 unspecified atom stereocenters. The topological polar surface area (TPSA) is 29.5 Å². The number of phenolic OH excluding ortho intramolecular Hbond substituents is 1. The first kappa shape index (κ1) is 12.5. The Morgan fingerprint density at radius 3 is 2.56 bits per heavy atom. The predicted molar refractivity (Wildman–Crippen MR) is 73.9 cm³/mol. The molecule has 0 bridgehead atoms. The fourth-order valence-corrected chi connectivity index (χ4v) is 1.76. The third kappa shape index (κ3) is 3.04. The van der Waals surface area contributed by atoms with Crippen LogP contribution in [-0.2, 0) is 0 Å². The molecule has 0 saturated heterocycles. The first-order chi connectivity index (χ1) is 8.66. The minimum atomic E-state index is 0.270. The summed E-state index contributed by atoms with van der Waals surface area (Å²) in [6.45, 7) is 4.93. The van der Waals surface area contributed by atoms with Gasteiger partial charge in [0.25, 0.3) is 0 Å². The molecule has 0 aliphatic rings. The maximum absolute atomic E-state index is 9.54. The fourth-order valence-electron chi connectivity index (χ4n) is 1.76. The van der Waals surface area contributed by atoms with Gasteiger partial charge in [-0.1, -0.05) is 44.2 Å². The largest absolute Gasteiger partial charge is 0.508 e. The van der Waals surface area contributed by atoms with E-state index >= 15 is 0 Å². The summed E-state index contributed by atoms with van der Waals surface area (Å²) in [6.07, 6.45) is 0. The molecule has 2 aromatic rings. The van der Waals surface area contributed by atoms with Crippen LogP contribution < -0.4 is 4.74 Å². The highest BCUT2D eigenvalue weighted by Crippen LogP contribution is 2.31. The van der Waals surface area contributed by atoms with Crippen LogP contribution in [0.2, 0.25) is 0 Å². The molecule has 0 aliphatic heterocycles. The van der Waals surface area contributed by atoms with Crippen molar-refractivity contribution in [1.82, 2.24) is 0 Å². The summed E-state index contributed by atoms with van der Waals surface area (Å²) in [5.74, 6) is 1.62. The molecular weight excluding hydrogens is 224 g/mol. The standard InChI is InChI=1S/C16H18O2/c1-12(2)11-18-16-9-4-3-8-15(16)13-6-5-7-14(17)10-13/h3-10,12,17H,11H2,1-2H3.